The number of amides is 1. The van der Waals surface area contributed by atoms with Gasteiger partial charge in [0.2, 0.25) is 6.41 Å². The zero-order valence-corrected chi connectivity index (χ0v) is 21.9. The summed E-state index contributed by atoms with van der Waals surface area (Å²) in [6.45, 7) is 13.0. The van der Waals surface area contributed by atoms with E-state index in [2.05, 4.69) is 50.8 Å². The van der Waals surface area contributed by atoms with Crippen LogP contribution in [-0.2, 0) is 4.79 Å². The number of furan rings is 1. The Morgan fingerprint density at radius 1 is 1.14 bits per heavy atom. The maximum absolute atomic E-state index is 10.8. The van der Waals surface area contributed by atoms with Gasteiger partial charge in [-0.05, 0) is 63.7 Å². The van der Waals surface area contributed by atoms with Crippen molar-refractivity contribution in [1.82, 2.24) is 10.3 Å². The second-order valence-corrected chi connectivity index (χ2v) is 9.27. The summed E-state index contributed by atoms with van der Waals surface area (Å²) in [7, 11) is 0. The Hall–Kier alpha value is -4.11. The molecule has 9 heteroatoms. The highest BCUT2D eigenvalue weighted by molar-refractivity contribution is 6.27. The van der Waals surface area contributed by atoms with Gasteiger partial charge in [0.25, 0.3) is 0 Å². The molecule has 1 amide bonds. The third-order valence-corrected chi connectivity index (χ3v) is 6.76. The summed E-state index contributed by atoms with van der Waals surface area (Å²) < 4.78 is 6.28. The van der Waals surface area contributed by atoms with Crippen LogP contribution in [0.4, 0.5) is 11.4 Å². The number of amidine groups is 1. The summed E-state index contributed by atoms with van der Waals surface area (Å²) in [5, 5.41) is 16.8. The summed E-state index contributed by atoms with van der Waals surface area (Å²) in [5.41, 5.74) is 14.3. The molecule has 3 aromatic rings. The molecule has 0 saturated carbocycles. The second kappa shape index (κ2) is 11.3. The van der Waals surface area contributed by atoms with E-state index in [1.165, 1.54) is 5.69 Å². The van der Waals surface area contributed by atoms with Crippen molar-refractivity contribution in [2.45, 2.75) is 27.7 Å². The van der Waals surface area contributed by atoms with E-state index < -0.39 is 0 Å². The van der Waals surface area contributed by atoms with Crippen LogP contribution >= 0.6 is 0 Å². The van der Waals surface area contributed by atoms with Gasteiger partial charge in [-0.15, -0.1) is 0 Å². The first-order valence-corrected chi connectivity index (χ1v) is 12.5. The predicted octanol–water partition coefficient (Wildman–Crippen LogP) is 4.07. The van der Waals surface area contributed by atoms with Crippen LogP contribution in [0.3, 0.4) is 0 Å². The first kappa shape index (κ1) is 26.0. The van der Waals surface area contributed by atoms with Crippen LogP contribution in [0.15, 0.2) is 57.6 Å². The maximum atomic E-state index is 10.8. The van der Waals surface area contributed by atoms with Gasteiger partial charge in [-0.1, -0.05) is 18.6 Å². The normalized spacial score (nSPS) is 15.5. The van der Waals surface area contributed by atoms with E-state index in [4.69, 9.17) is 15.6 Å². The molecule has 0 unspecified atom stereocenters. The quantitative estimate of drug-likeness (QED) is 0.152. The molecule has 1 aliphatic rings. The van der Waals surface area contributed by atoms with Crippen LogP contribution in [0, 0.1) is 19.3 Å². The van der Waals surface area contributed by atoms with Crippen molar-refractivity contribution in [2.75, 3.05) is 42.9 Å². The van der Waals surface area contributed by atoms with Gasteiger partial charge in [0.1, 0.15) is 5.58 Å². The Morgan fingerprint density at radius 2 is 1.84 bits per heavy atom. The average molecular weight is 502 g/mol. The Bertz CT molecular complexity index is 1350. The Morgan fingerprint density at radius 3 is 2.46 bits per heavy atom. The molecule has 194 valence electrons. The summed E-state index contributed by atoms with van der Waals surface area (Å²) in [4.78, 5) is 15.7. The van der Waals surface area contributed by atoms with Gasteiger partial charge in [0, 0.05) is 54.2 Å². The van der Waals surface area contributed by atoms with Crippen LogP contribution < -0.4 is 21.4 Å². The number of rotatable bonds is 9. The van der Waals surface area contributed by atoms with E-state index in [1.54, 1.807) is 6.92 Å². The van der Waals surface area contributed by atoms with Crippen molar-refractivity contribution in [3.05, 3.63) is 64.9 Å². The molecule has 1 aromatic heterocycles. The summed E-state index contributed by atoms with van der Waals surface area (Å²) >= 11 is 0. The summed E-state index contributed by atoms with van der Waals surface area (Å²) in [6, 6.07) is 14.2. The Balaban J connectivity index is 1.75. The molecule has 0 spiro atoms. The fourth-order valence-electron chi connectivity index (χ4n) is 4.69. The van der Waals surface area contributed by atoms with Gasteiger partial charge in [0.15, 0.2) is 11.6 Å². The summed E-state index contributed by atoms with van der Waals surface area (Å²) in [6.07, 6.45) is 0.436. The number of aryl methyl sites for hydroxylation is 2. The number of nitrogens with two attached hydrogens (primary N) is 1. The molecule has 9 nitrogen and oxygen atoms in total. The summed E-state index contributed by atoms with van der Waals surface area (Å²) in [5.74, 6) is 0.565. The Kier molecular flexibility index (Phi) is 7.93. The van der Waals surface area contributed by atoms with E-state index >= 15 is 0 Å². The number of hydrogen-bond donors (Lipinski definition) is 4. The number of fused-ring (bicyclic) bond motifs is 1. The third kappa shape index (κ3) is 5.67. The first-order chi connectivity index (χ1) is 17.8. The van der Waals surface area contributed by atoms with Crippen LogP contribution in [-0.4, -0.2) is 55.6 Å². The molecule has 37 heavy (non-hydrogen) atoms. The fraction of sp³-hybridized carbons (Fsp3) is 0.321. The number of hydrogen-bond acceptors (Lipinski definition) is 7. The number of anilines is 2. The van der Waals surface area contributed by atoms with E-state index in [9.17, 15) is 4.79 Å². The van der Waals surface area contributed by atoms with E-state index in [0.717, 1.165) is 60.5 Å². The predicted molar refractivity (Wildman–Crippen MR) is 151 cm³/mol. The zero-order chi connectivity index (χ0) is 26.5. The number of carbonyl (C=O) groups is 1. The number of nitrogens with zero attached hydrogens (tertiary/aromatic N) is 3. The lowest BCUT2D eigenvalue weighted by atomic mass is 10.0. The van der Waals surface area contributed by atoms with E-state index in [0.29, 0.717) is 23.4 Å². The zero-order valence-electron chi connectivity index (χ0n) is 21.9. The monoisotopic (exact) mass is 501 g/mol. The molecule has 1 fully saturated rings. The third-order valence-electron chi connectivity index (χ3n) is 6.76. The molecule has 1 aliphatic heterocycles. The van der Waals surface area contributed by atoms with Crippen LogP contribution in [0.2, 0.25) is 0 Å². The van der Waals surface area contributed by atoms with Crippen molar-refractivity contribution in [1.29, 1.82) is 5.41 Å². The molecule has 1 saturated heterocycles. The highest BCUT2D eigenvalue weighted by atomic mass is 16.3. The number of carbonyl (C=O) groups excluding carboxylic acids is 1. The number of nitrogens with one attached hydrogen (secondary N) is 3. The van der Waals surface area contributed by atoms with Crippen LogP contribution in [0.25, 0.3) is 16.7 Å². The molecule has 2 aromatic carbocycles. The van der Waals surface area contributed by atoms with Gasteiger partial charge in [-0.2, -0.15) is 5.10 Å². The first-order valence-electron chi connectivity index (χ1n) is 12.5. The van der Waals surface area contributed by atoms with Gasteiger partial charge in [0.05, 0.1) is 11.3 Å². The van der Waals surface area contributed by atoms with Crippen molar-refractivity contribution in [2.24, 2.45) is 10.8 Å². The number of likely N-dealkylation sites (N-methyl/N-ethyl adjacent to an activating group) is 1. The minimum absolute atomic E-state index is 0.00329. The molecule has 0 radical (unpaired) electrons. The molecular weight excluding hydrogens is 466 g/mol. The van der Waals surface area contributed by atoms with Crippen molar-refractivity contribution in [3.63, 3.8) is 0 Å². The van der Waals surface area contributed by atoms with Gasteiger partial charge in [-0.3, -0.25) is 4.79 Å². The highest BCUT2D eigenvalue weighted by Gasteiger charge is 2.23. The minimum atomic E-state index is 0.00329. The maximum Gasteiger partial charge on any atom is 0.227 e. The van der Waals surface area contributed by atoms with Crippen LogP contribution in [0.5, 0.6) is 0 Å². The average Bonchev–Trinajstić information content (AvgIpc) is 3.22. The lowest BCUT2D eigenvalue weighted by Crippen LogP contribution is -2.46. The highest BCUT2D eigenvalue weighted by Crippen LogP contribution is 2.34. The lowest BCUT2D eigenvalue weighted by Gasteiger charge is -2.35. The molecule has 4 rings (SSSR count). The SMILES string of the molecule is CCN1CCN(c2ccc(N/C(=C(C(C)=N)/C(N)=N\NC=O)c3oc4ccc(C)cc4c3C)cc2)CC1. The standard InChI is InChI=1S/C28H35N7O2/c1-5-34-12-14-35(15-13-34)22-9-7-21(8-10-22)32-26(25(20(4)29)28(30)33-31-17-36)27-19(3)23-16-18(2)6-11-24(23)37-27/h6-11,16-17,29,32H,5,12-15H2,1-4H3,(H2,30,33)(H,31,36)/b26-25+,29-20?. The number of benzene rings is 2. The van der Waals surface area contributed by atoms with Crippen molar-refractivity contribution < 1.29 is 9.21 Å². The van der Waals surface area contributed by atoms with Crippen molar-refractivity contribution >= 4 is 46.0 Å². The van der Waals surface area contributed by atoms with Gasteiger partial charge >= 0.3 is 0 Å². The molecule has 0 atom stereocenters. The van der Waals surface area contributed by atoms with E-state index in [1.807, 2.05) is 38.1 Å². The molecular formula is C28H35N7O2. The molecule has 2 heterocycles. The second-order valence-electron chi connectivity index (χ2n) is 9.27. The van der Waals surface area contributed by atoms with Gasteiger partial charge in [-0.25, -0.2) is 5.43 Å². The lowest BCUT2D eigenvalue weighted by molar-refractivity contribution is -0.109. The van der Waals surface area contributed by atoms with Crippen LogP contribution in [0.1, 0.15) is 30.7 Å². The number of piperazine rings is 1. The molecule has 0 aliphatic carbocycles. The Labute approximate surface area is 217 Å². The van der Waals surface area contributed by atoms with E-state index in [-0.39, 0.29) is 11.5 Å². The fourth-order valence-corrected chi connectivity index (χ4v) is 4.69. The molecule has 0 bridgehead atoms. The minimum Gasteiger partial charge on any atom is -0.454 e. The topological polar surface area (TPSA) is 123 Å². The number of hydrazone groups is 1. The molecule has 5 N–H and O–H groups in total. The van der Waals surface area contributed by atoms with Gasteiger partial charge < -0.3 is 30.7 Å². The smallest absolute Gasteiger partial charge is 0.227 e. The largest absolute Gasteiger partial charge is 0.454 e. The van der Waals surface area contributed by atoms with Crippen molar-refractivity contribution in [3.8, 4) is 0 Å².